The highest BCUT2D eigenvalue weighted by atomic mass is 35.5. The molecule has 1 aliphatic rings. The van der Waals surface area contributed by atoms with Crippen LogP contribution >= 0.6 is 11.6 Å². The molecule has 1 aromatic carbocycles. The summed E-state index contributed by atoms with van der Waals surface area (Å²) in [5.41, 5.74) is 1.11. The number of ether oxygens (including phenoxy) is 1. The van der Waals surface area contributed by atoms with Crippen LogP contribution in [-0.2, 0) is 11.2 Å². The van der Waals surface area contributed by atoms with Gasteiger partial charge >= 0.3 is 6.36 Å². The lowest BCUT2D eigenvalue weighted by Gasteiger charge is -2.32. The van der Waals surface area contributed by atoms with E-state index in [0.717, 1.165) is 5.39 Å². The Morgan fingerprint density at radius 1 is 1.22 bits per heavy atom. The minimum atomic E-state index is -4.65. The van der Waals surface area contributed by atoms with Crippen molar-refractivity contribution in [2.75, 3.05) is 0 Å². The van der Waals surface area contributed by atoms with Crippen LogP contribution in [-0.4, -0.2) is 38.8 Å². The number of fused-ring (bicyclic) bond motifs is 1. The largest absolute Gasteiger partial charge is 0.522 e. The van der Waals surface area contributed by atoms with Crippen molar-refractivity contribution in [2.24, 2.45) is 0 Å². The predicted molar refractivity (Wildman–Crippen MR) is 107 cm³/mol. The van der Waals surface area contributed by atoms with Gasteiger partial charge in [-0.1, -0.05) is 24.2 Å². The van der Waals surface area contributed by atoms with E-state index in [2.05, 4.69) is 37.0 Å². The third-order valence-corrected chi connectivity index (χ3v) is 5.18. The van der Waals surface area contributed by atoms with E-state index >= 15 is 0 Å². The standard InChI is InChI=1S/C20H17ClF3N5O3/c1-10(25-18(30)16-8-11-3-4-13(21)9-15(11)26-27-16)2-5-17-28-29-19(31-17)12-6-14(7-12)32-20(22,23)24/h3-4,8-9,12,14H,1-2,5-7H2,(H,25,30). The fourth-order valence-electron chi connectivity index (χ4n) is 3.25. The van der Waals surface area contributed by atoms with Crippen molar-refractivity contribution in [1.82, 2.24) is 25.7 Å². The van der Waals surface area contributed by atoms with E-state index in [1.165, 1.54) is 0 Å². The number of hydrogen-bond donors (Lipinski definition) is 1. The Balaban J connectivity index is 1.26. The van der Waals surface area contributed by atoms with Crippen molar-refractivity contribution >= 4 is 28.4 Å². The van der Waals surface area contributed by atoms with Gasteiger partial charge in [0.15, 0.2) is 5.69 Å². The number of allylic oxidation sites excluding steroid dienone is 1. The second-order valence-corrected chi connectivity index (χ2v) is 7.81. The normalized spacial score (nSPS) is 18.4. The summed E-state index contributed by atoms with van der Waals surface area (Å²) in [5.74, 6) is -0.134. The zero-order chi connectivity index (χ0) is 22.9. The molecule has 0 bridgehead atoms. The first kappa shape index (κ1) is 22.2. The summed E-state index contributed by atoms with van der Waals surface area (Å²) in [4.78, 5) is 12.4. The molecule has 0 radical (unpaired) electrons. The monoisotopic (exact) mass is 467 g/mol. The lowest BCUT2D eigenvalue weighted by Crippen LogP contribution is -2.34. The Labute approximate surface area is 184 Å². The number of aromatic nitrogens is 4. The summed E-state index contributed by atoms with van der Waals surface area (Å²) in [6.07, 6.45) is -4.56. The summed E-state index contributed by atoms with van der Waals surface area (Å²) < 4.78 is 46.1. The van der Waals surface area contributed by atoms with Gasteiger partial charge in [-0.2, -0.15) is 0 Å². The van der Waals surface area contributed by atoms with Crippen LogP contribution in [0.2, 0.25) is 5.02 Å². The smallest absolute Gasteiger partial charge is 0.425 e. The molecule has 0 unspecified atom stereocenters. The van der Waals surface area contributed by atoms with E-state index in [1.807, 2.05) is 0 Å². The van der Waals surface area contributed by atoms with Crippen molar-refractivity contribution in [3.63, 3.8) is 0 Å². The van der Waals surface area contributed by atoms with Gasteiger partial charge in [-0.3, -0.25) is 9.53 Å². The zero-order valence-electron chi connectivity index (χ0n) is 16.5. The minimum absolute atomic E-state index is 0.127. The molecule has 1 fully saturated rings. The first-order valence-electron chi connectivity index (χ1n) is 9.65. The van der Waals surface area contributed by atoms with Crippen molar-refractivity contribution < 1.29 is 27.1 Å². The van der Waals surface area contributed by atoms with E-state index < -0.39 is 18.4 Å². The van der Waals surface area contributed by atoms with Gasteiger partial charge in [0, 0.05) is 28.4 Å². The molecule has 1 amide bonds. The number of nitrogens with zero attached hydrogens (tertiary/aromatic N) is 4. The average Bonchev–Trinajstić information content (AvgIpc) is 3.16. The second kappa shape index (κ2) is 8.83. The number of hydrogen-bond acceptors (Lipinski definition) is 7. The predicted octanol–water partition coefficient (Wildman–Crippen LogP) is 4.32. The third kappa shape index (κ3) is 5.40. The number of alkyl halides is 3. The van der Waals surface area contributed by atoms with E-state index in [0.29, 0.717) is 35.0 Å². The van der Waals surface area contributed by atoms with E-state index in [4.69, 9.17) is 16.0 Å². The molecule has 168 valence electrons. The number of nitrogens with one attached hydrogen (secondary N) is 1. The molecule has 2 aromatic heterocycles. The summed E-state index contributed by atoms with van der Waals surface area (Å²) in [6.45, 7) is 3.81. The molecule has 3 aromatic rings. The van der Waals surface area contributed by atoms with Crippen molar-refractivity contribution in [2.45, 2.75) is 44.1 Å². The Kier molecular flexibility index (Phi) is 6.11. The van der Waals surface area contributed by atoms with Gasteiger partial charge < -0.3 is 9.73 Å². The maximum Gasteiger partial charge on any atom is 0.522 e. The van der Waals surface area contributed by atoms with Gasteiger partial charge in [0.1, 0.15) is 0 Å². The molecular formula is C20H17ClF3N5O3. The van der Waals surface area contributed by atoms with Crippen LogP contribution in [0.25, 0.3) is 10.9 Å². The van der Waals surface area contributed by atoms with Crippen LogP contribution in [0.4, 0.5) is 13.2 Å². The summed E-state index contributed by atoms with van der Waals surface area (Å²) in [6, 6.07) is 6.68. The van der Waals surface area contributed by atoms with Gasteiger partial charge in [-0.25, -0.2) is 0 Å². The molecule has 2 heterocycles. The van der Waals surface area contributed by atoms with Crippen LogP contribution in [0.1, 0.15) is 47.5 Å². The molecule has 0 spiro atoms. The lowest BCUT2D eigenvalue weighted by molar-refractivity contribution is -0.352. The maximum atomic E-state index is 12.4. The number of amides is 1. The molecule has 1 aliphatic carbocycles. The molecule has 0 atom stereocenters. The van der Waals surface area contributed by atoms with E-state index in [-0.39, 0.29) is 30.3 Å². The molecule has 12 heteroatoms. The summed E-state index contributed by atoms with van der Waals surface area (Å²) in [5, 5.41) is 19.6. The molecule has 1 N–H and O–H groups in total. The molecular weight excluding hydrogens is 451 g/mol. The number of aryl methyl sites for hydroxylation is 1. The Morgan fingerprint density at radius 2 is 2.00 bits per heavy atom. The molecule has 1 saturated carbocycles. The van der Waals surface area contributed by atoms with E-state index in [1.54, 1.807) is 24.3 Å². The number of carbonyl (C=O) groups is 1. The minimum Gasteiger partial charge on any atom is -0.425 e. The van der Waals surface area contributed by atoms with Crippen LogP contribution in [0, 0.1) is 0 Å². The third-order valence-electron chi connectivity index (χ3n) is 4.94. The first-order valence-corrected chi connectivity index (χ1v) is 10.0. The number of carbonyl (C=O) groups excluding carboxylic acids is 1. The Hall–Kier alpha value is -3.05. The fourth-order valence-corrected chi connectivity index (χ4v) is 3.42. The highest BCUT2D eigenvalue weighted by Gasteiger charge is 2.42. The number of halogens is 4. The van der Waals surface area contributed by atoms with Crippen molar-refractivity contribution in [1.29, 1.82) is 0 Å². The Morgan fingerprint density at radius 3 is 2.75 bits per heavy atom. The lowest BCUT2D eigenvalue weighted by atomic mass is 9.82. The highest BCUT2D eigenvalue weighted by Crippen LogP contribution is 2.40. The van der Waals surface area contributed by atoms with Gasteiger partial charge in [0.2, 0.25) is 11.8 Å². The molecule has 4 rings (SSSR count). The van der Waals surface area contributed by atoms with Crippen molar-refractivity contribution in [3.05, 3.63) is 59.0 Å². The maximum absolute atomic E-state index is 12.4. The first-order chi connectivity index (χ1) is 15.2. The molecule has 32 heavy (non-hydrogen) atoms. The molecule has 0 aliphatic heterocycles. The number of benzene rings is 1. The highest BCUT2D eigenvalue weighted by molar-refractivity contribution is 6.31. The van der Waals surface area contributed by atoms with Crippen molar-refractivity contribution in [3.8, 4) is 0 Å². The Bertz CT molecular complexity index is 1160. The second-order valence-electron chi connectivity index (χ2n) is 7.38. The van der Waals surface area contributed by atoms with Crippen LogP contribution in [0.3, 0.4) is 0 Å². The average molecular weight is 468 g/mol. The van der Waals surface area contributed by atoms with Gasteiger partial charge in [-0.15, -0.1) is 33.6 Å². The fraction of sp³-hybridized carbons (Fsp3) is 0.350. The quantitative estimate of drug-likeness (QED) is 0.551. The number of rotatable bonds is 7. The molecule has 0 saturated heterocycles. The topological polar surface area (TPSA) is 103 Å². The zero-order valence-corrected chi connectivity index (χ0v) is 17.3. The van der Waals surface area contributed by atoms with Crippen LogP contribution < -0.4 is 5.32 Å². The molecule has 8 nitrogen and oxygen atoms in total. The van der Waals surface area contributed by atoms with Crippen LogP contribution in [0.15, 0.2) is 41.0 Å². The van der Waals surface area contributed by atoms with Gasteiger partial charge in [-0.05, 0) is 37.5 Å². The van der Waals surface area contributed by atoms with Gasteiger partial charge in [0.05, 0.1) is 11.6 Å². The van der Waals surface area contributed by atoms with Crippen LogP contribution in [0.5, 0.6) is 0 Å². The van der Waals surface area contributed by atoms with Gasteiger partial charge in [0.25, 0.3) is 5.91 Å². The van der Waals surface area contributed by atoms with E-state index in [9.17, 15) is 18.0 Å². The summed E-state index contributed by atoms with van der Waals surface area (Å²) >= 11 is 5.91. The summed E-state index contributed by atoms with van der Waals surface area (Å²) in [7, 11) is 0. The SMILES string of the molecule is C=C(CCc1nnc(C2CC(OC(F)(F)F)C2)o1)NC(=O)c1cc2ccc(Cl)cc2nn1.